The van der Waals surface area contributed by atoms with Crippen LogP contribution in [0.5, 0.6) is 0 Å². The quantitative estimate of drug-likeness (QED) is 0.742. The largest absolute Gasteiger partial charge is 0.481 e. The summed E-state index contributed by atoms with van der Waals surface area (Å²) in [6, 6.07) is 0. The number of piperidine rings is 1. The summed E-state index contributed by atoms with van der Waals surface area (Å²) < 4.78 is 0. The van der Waals surface area contributed by atoms with E-state index >= 15 is 0 Å². The molecule has 0 spiro atoms. The Bertz CT molecular complexity index is 281. The van der Waals surface area contributed by atoms with Crippen molar-refractivity contribution in [3.8, 4) is 0 Å². The van der Waals surface area contributed by atoms with Crippen LogP contribution >= 0.6 is 0 Å². The van der Waals surface area contributed by atoms with Crippen molar-refractivity contribution in [2.24, 2.45) is 17.6 Å². The van der Waals surface area contributed by atoms with E-state index in [0.717, 1.165) is 12.8 Å². The molecule has 1 heterocycles. The molecule has 5 heteroatoms. The lowest BCUT2D eigenvalue weighted by atomic mass is 9.97. The number of aliphatic carboxylic acids is 1. The number of likely N-dealkylation sites (tertiary alicyclic amines) is 1. The van der Waals surface area contributed by atoms with Gasteiger partial charge in [-0.15, -0.1) is 0 Å². The van der Waals surface area contributed by atoms with Gasteiger partial charge in [0.2, 0.25) is 5.91 Å². The highest BCUT2D eigenvalue weighted by molar-refractivity contribution is 5.78. The lowest BCUT2D eigenvalue weighted by molar-refractivity contribution is -0.145. The molecule has 1 unspecified atom stereocenters. The zero-order valence-electron chi connectivity index (χ0n) is 10.4. The Hall–Kier alpha value is -1.10. The van der Waals surface area contributed by atoms with E-state index in [0.29, 0.717) is 38.4 Å². The van der Waals surface area contributed by atoms with Gasteiger partial charge in [-0.1, -0.05) is 6.92 Å². The molecule has 1 aliphatic rings. The normalized spacial score (nSPS) is 22.2. The van der Waals surface area contributed by atoms with Crippen LogP contribution < -0.4 is 5.73 Å². The number of hydrogen-bond acceptors (Lipinski definition) is 3. The number of nitrogens with two attached hydrogens (primary N) is 1. The summed E-state index contributed by atoms with van der Waals surface area (Å²) in [7, 11) is 0. The standard InChI is InChI=1S/C12H22N2O3/c1-9(7-13)4-5-11(15)14-6-2-3-10(8-14)12(16)17/h9-10H,2-8,13H2,1H3,(H,16,17)/t9?,10-/m1/s1. The molecule has 0 aromatic carbocycles. The van der Waals surface area contributed by atoms with Crippen LogP contribution in [0, 0.1) is 11.8 Å². The average Bonchev–Trinajstić information content (AvgIpc) is 2.35. The van der Waals surface area contributed by atoms with Gasteiger partial charge in [0.1, 0.15) is 0 Å². The molecule has 3 N–H and O–H groups in total. The van der Waals surface area contributed by atoms with Gasteiger partial charge in [-0.3, -0.25) is 9.59 Å². The van der Waals surface area contributed by atoms with Gasteiger partial charge in [0, 0.05) is 19.5 Å². The monoisotopic (exact) mass is 242 g/mol. The molecule has 0 aromatic heterocycles. The number of carbonyl (C=O) groups excluding carboxylic acids is 1. The van der Waals surface area contributed by atoms with E-state index < -0.39 is 5.97 Å². The van der Waals surface area contributed by atoms with Gasteiger partial charge in [-0.2, -0.15) is 0 Å². The third kappa shape index (κ3) is 4.34. The second-order valence-corrected chi connectivity index (χ2v) is 4.90. The lowest BCUT2D eigenvalue weighted by Crippen LogP contribution is -2.42. The van der Waals surface area contributed by atoms with Crippen molar-refractivity contribution in [2.45, 2.75) is 32.6 Å². The highest BCUT2D eigenvalue weighted by Crippen LogP contribution is 2.18. The molecule has 2 atom stereocenters. The number of nitrogens with zero attached hydrogens (tertiary/aromatic N) is 1. The molecule has 98 valence electrons. The maximum atomic E-state index is 11.9. The summed E-state index contributed by atoms with van der Waals surface area (Å²) >= 11 is 0. The second-order valence-electron chi connectivity index (χ2n) is 4.90. The first-order valence-electron chi connectivity index (χ1n) is 6.25. The Morgan fingerprint density at radius 3 is 2.82 bits per heavy atom. The van der Waals surface area contributed by atoms with Gasteiger partial charge in [0.15, 0.2) is 0 Å². The van der Waals surface area contributed by atoms with E-state index in [9.17, 15) is 9.59 Å². The molecule has 0 radical (unpaired) electrons. The first-order chi connectivity index (χ1) is 8.04. The molecule has 1 amide bonds. The summed E-state index contributed by atoms with van der Waals surface area (Å²) in [4.78, 5) is 24.4. The van der Waals surface area contributed by atoms with Crippen molar-refractivity contribution in [3.05, 3.63) is 0 Å². The molecule has 17 heavy (non-hydrogen) atoms. The van der Waals surface area contributed by atoms with Crippen LogP contribution in [0.25, 0.3) is 0 Å². The number of rotatable bonds is 5. The van der Waals surface area contributed by atoms with Crippen molar-refractivity contribution in [1.82, 2.24) is 4.90 Å². The van der Waals surface area contributed by atoms with Crippen LogP contribution in [-0.2, 0) is 9.59 Å². The molecule has 1 aliphatic heterocycles. The second kappa shape index (κ2) is 6.59. The highest BCUT2D eigenvalue weighted by Gasteiger charge is 2.27. The Morgan fingerprint density at radius 2 is 2.24 bits per heavy atom. The van der Waals surface area contributed by atoms with Crippen LogP contribution in [0.3, 0.4) is 0 Å². The maximum absolute atomic E-state index is 11.9. The van der Waals surface area contributed by atoms with E-state index in [1.165, 1.54) is 0 Å². The summed E-state index contributed by atoms with van der Waals surface area (Å²) in [5.41, 5.74) is 5.50. The van der Waals surface area contributed by atoms with E-state index in [4.69, 9.17) is 10.8 Å². The van der Waals surface area contributed by atoms with Crippen LogP contribution in [0.4, 0.5) is 0 Å². The average molecular weight is 242 g/mol. The Labute approximate surface area is 102 Å². The predicted molar refractivity (Wildman–Crippen MR) is 64.4 cm³/mol. The smallest absolute Gasteiger partial charge is 0.308 e. The zero-order valence-corrected chi connectivity index (χ0v) is 10.4. The van der Waals surface area contributed by atoms with Crippen molar-refractivity contribution in [1.29, 1.82) is 0 Å². The van der Waals surface area contributed by atoms with Crippen molar-refractivity contribution in [2.75, 3.05) is 19.6 Å². The number of hydrogen-bond donors (Lipinski definition) is 2. The summed E-state index contributed by atoms with van der Waals surface area (Å²) in [5.74, 6) is -0.771. The topological polar surface area (TPSA) is 83.6 Å². The van der Waals surface area contributed by atoms with Gasteiger partial charge in [-0.05, 0) is 31.7 Å². The van der Waals surface area contributed by atoms with Crippen LogP contribution in [0.2, 0.25) is 0 Å². The third-order valence-electron chi connectivity index (χ3n) is 3.38. The molecule has 0 aromatic rings. The van der Waals surface area contributed by atoms with E-state index in [1.54, 1.807) is 4.90 Å². The van der Waals surface area contributed by atoms with Gasteiger partial charge in [0.25, 0.3) is 0 Å². The maximum Gasteiger partial charge on any atom is 0.308 e. The van der Waals surface area contributed by atoms with Crippen LogP contribution in [0.15, 0.2) is 0 Å². The first kappa shape index (κ1) is 14.0. The van der Waals surface area contributed by atoms with Gasteiger partial charge in [0.05, 0.1) is 5.92 Å². The molecular formula is C12H22N2O3. The van der Waals surface area contributed by atoms with E-state index in [2.05, 4.69) is 0 Å². The minimum absolute atomic E-state index is 0.0660. The number of carboxylic acids is 1. The molecule has 1 fully saturated rings. The van der Waals surface area contributed by atoms with Crippen LogP contribution in [0.1, 0.15) is 32.6 Å². The zero-order chi connectivity index (χ0) is 12.8. The molecule has 1 rings (SSSR count). The van der Waals surface area contributed by atoms with Crippen LogP contribution in [-0.4, -0.2) is 41.5 Å². The molecule has 5 nitrogen and oxygen atoms in total. The number of carbonyl (C=O) groups is 2. The third-order valence-corrected chi connectivity index (χ3v) is 3.38. The minimum atomic E-state index is -0.794. The van der Waals surface area contributed by atoms with Gasteiger partial charge >= 0.3 is 5.97 Å². The lowest BCUT2D eigenvalue weighted by Gasteiger charge is -2.31. The summed E-state index contributed by atoms with van der Waals surface area (Å²) in [6.45, 7) is 3.67. The van der Waals surface area contributed by atoms with E-state index in [1.807, 2.05) is 6.92 Å². The first-order valence-corrected chi connectivity index (χ1v) is 6.25. The summed E-state index contributed by atoms with van der Waals surface area (Å²) in [6.07, 6.45) is 2.72. The molecular weight excluding hydrogens is 220 g/mol. The fourth-order valence-electron chi connectivity index (χ4n) is 2.05. The fraction of sp³-hybridized carbons (Fsp3) is 0.833. The van der Waals surface area contributed by atoms with Crippen molar-refractivity contribution >= 4 is 11.9 Å². The van der Waals surface area contributed by atoms with Gasteiger partial charge in [-0.25, -0.2) is 0 Å². The highest BCUT2D eigenvalue weighted by atomic mass is 16.4. The Kier molecular flexibility index (Phi) is 5.41. The number of amides is 1. The van der Waals surface area contributed by atoms with Gasteiger partial charge < -0.3 is 15.7 Å². The number of carboxylic acid groups (broad SMARTS) is 1. The Morgan fingerprint density at radius 1 is 1.53 bits per heavy atom. The molecule has 0 aliphatic carbocycles. The molecule has 0 saturated carbocycles. The van der Waals surface area contributed by atoms with Crippen molar-refractivity contribution < 1.29 is 14.7 Å². The predicted octanol–water partition coefficient (Wildman–Crippen LogP) is 0.685. The fourth-order valence-corrected chi connectivity index (χ4v) is 2.05. The molecule has 1 saturated heterocycles. The minimum Gasteiger partial charge on any atom is -0.481 e. The Balaban J connectivity index is 2.38. The van der Waals surface area contributed by atoms with Crippen molar-refractivity contribution in [3.63, 3.8) is 0 Å². The summed E-state index contributed by atoms with van der Waals surface area (Å²) in [5, 5.41) is 8.94. The SMILES string of the molecule is CC(CN)CCC(=O)N1CCC[C@@H](C(=O)O)C1. The van der Waals surface area contributed by atoms with E-state index in [-0.39, 0.29) is 11.8 Å². The molecule has 0 bridgehead atoms.